The molecule has 1 aromatic rings. The normalized spacial score (nSPS) is 15.4. The summed E-state index contributed by atoms with van der Waals surface area (Å²) in [5.74, 6) is 0. The highest BCUT2D eigenvalue weighted by molar-refractivity contribution is 7.09. The van der Waals surface area contributed by atoms with Gasteiger partial charge in [-0.3, -0.25) is 4.98 Å². The predicted octanol–water partition coefficient (Wildman–Crippen LogP) is 1.70. The van der Waals surface area contributed by atoms with E-state index in [0.717, 1.165) is 12.8 Å². The number of ether oxygens (including phenoxy) is 1. The lowest BCUT2D eigenvalue weighted by Gasteiger charge is -2.23. The summed E-state index contributed by atoms with van der Waals surface area (Å²) < 4.78 is 5.42. The van der Waals surface area contributed by atoms with Crippen LogP contribution in [0.1, 0.15) is 18.2 Å². The molecular formula is C10H18N2OS. The minimum absolute atomic E-state index is 0.280. The molecule has 14 heavy (non-hydrogen) atoms. The van der Waals surface area contributed by atoms with Gasteiger partial charge in [-0.25, -0.2) is 0 Å². The summed E-state index contributed by atoms with van der Waals surface area (Å²) in [6, 6.07) is 0.380. The van der Waals surface area contributed by atoms with Gasteiger partial charge in [-0.15, -0.1) is 11.3 Å². The number of hydrogen-bond donors (Lipinski definition) is 1. The van der Waals surface area contributed by atoms with Gasteiger partial charge in [-0.05, 0) is 13.5 Å². The third-order valence-corrected chi connectivity index (χ3v) is 3.23. The molecule has 3 nitrogen and oxygen atoms in total. The van der Waals surface area contributed by atoms with E-state index >= 15 is 0 Å². The molecule has 4 heteroatoms. The van der Waals surface area contributed by atoms with Crippen LogP contribution in [0.4, 0.5) is 0 Å². The SMILES string of the molecule is CCC(OC)C(Cc1cncs1)NC. The van der Waals surface area contributed by atoms with E-state index in [2.05, 4.69) is 17.2 Å². The van der Waals surface area contributed by atoms with Crippen molar-refractivity contribution in [3.63, 3.8) is 0 Å². The van der Waals surface area contributed by atoms with Crippen LogP contribution < -0.4 is 5.32 Å². The molecule has 80 valence electrons. The topological polar surface area (TPSA) is 34.1 Å². The third kappa shape index (κ3) is 3.04. The summed E-state index contributed by atoms with van der Waals surface area (Å²) in [5.41, 5.74) is 1.87. The Bertz CT molecular complexity index is 234. The van der Waals surface area contributed by atoms with Crippen molar-refractivity contribution >= 4 is 11.3 Å². The molecule has 0 aliphatic rings. The van der Waals surface area contributed by atoms with E-state index in [0.29, 0.717) is 6.04 Å². The van der Waals surface area contributed by atoms with E-state index in [4.69, 9.17) is 4.74 Å². The maximum atomic E-state index is 5.42. The quantitative estimate of drug-likeness (QED) is 0.782. The minimum atomic E-state index is 0.280. The molecular weight excluding hydrogens is 196 g/mol. The van der Waals surface area contributed by atoms with Gasteiger partial charge in [-0.1, -0.05) is 6.92 Å². The summed E-state index contributed by atoms with van der Waals surface area (Å²) in [6.45, 7) is 2.14. The number of methoxy groups -OCH3 is 1. The van der Waals surface area contributed by atoms with E-state index in [1.165, 1.54) is 4.88 Å². The number of aromatic nitrogens is 1. The fraction of sp³-hybridized carbons (Fsp3) is 0.700. The van der Waals surface area contributed by atoms with Gasteiger partial charge in [0.05, 0.1) is 11.6 Å². The van der Waals surface area contributed by atoms with Crippen LogP contribution >= 0.6 is 11.3 Å². The summed E-state index contributed by atoms with van der Waals surface area (Å²) in [4.78, 5) is 5.38. The number of rotatable bonds is 6. The monoisotopic (exact) mass is 214 g/mol. The zero-order valence-corrected chi connectivity index (χ0v) is 9.80. The molecule has 1 rings (SSSR count). The van der Waals surface area contributed by atoms with Crippen molar-refractivity contribution in [2.24, 2.45) is 0 Å². The van der Waals surface area contributed by atoms with Crippen LogP contribution in [0.3, 0.4) is 0 Å². The molecule has 0 amide bonds. The second-order valence-electron chi connectivity index (χ2n) is 3.25. The number of nitrogens with zero attached hydrogens (tertiary/aromatic N) is 1. The lowest BCUT2D eigenvalue weighted by atomic mass is 10.0. The van der Waals surface area contributed by atoms with Gasteiger partial charge < -0.3 is 10.1 Å². The van der Waals surface area contributed by atoms with E-state index in [-0.39, 0.29) is 6.10 Å². The fourth-order valence-corrected chi connectivity index (χ4v) is 2.25. The molecule has 1 heterocycles. The molecule has 2 unspecified atom stereocenters. The van der Waals surface area contributed by atoms with Crippen LogP contribution in [-0.2, 0) is 11.2 Å². The number of thiazole rings is 1. The van der Waals surface area contributed by atoms with Gasteiger partial charge in [0.1, 0.15) is 0 Å². The van der Waals surface area contributed by atoms with Gasteiger partial charge in [-0.2, -0.15) is 0 Å². The highest BCUT2D eigenvalue weighted by Crippen LogP contribution is 2.13. The Kier molecular flexibility index (Phi) is 5.07. The third-order valence-electron chi connectivity index (χ3n) is 2.43. The summed E-state index contributed by atoms with van der Waals surface area (Å²) in [5, 5.41) is 3.30. The van der Waals surface area contributed by atoms with Gasteiger partial charge in [0.15, 0.2) is 0 Å². The Morgan fingerprint density at radius 3 is 2.86 bits per heavy atom. The molecule has 0 fully saturated rings. The summed E-state index contributed by atoms with van der Waals surface area (Å²) >= 11 is 1.70. The second-order valence-corrected chi connectivity index (χ2v) is 4.22. The van der Waals surface area contributed by atoms with Crippen molar-refractivity contribution in [2.45, 2.75) is 31.9 Å². The summed E-state index contributed by atoms with van der Waals surface area (Å²) in [7, 11) is 3.75. The standard InChI is InChI=1S/C10H18N2OS/c1-4-10(13-3)9(11-2)5-8-6-12-7-14-8/h6-7,9-11H,4-5H2,1-3H3. The van der Waals surface area contributed by atoms with Crippen LogP contribution in [-0.4, -0.2) is 31.3 Å². The largest absolute Gasteiger partial charge is 0.380 e. The van der Waals surface area contributed by atoms with Crippen molar-refractivity contribution < 1.29 is 4.74 Å². The van der Waals surface area contributed by atoms with Crippen LogP contribution in [0.15, 0.2) is 11.7 Å². The molecule has 2 atom stereocenters. The molecule has 1 N–H and O–H groups in total. The van der Waals surface area contributed by atoms with Gasteiger partial charge >= 0.3 is 0 Å². The molecule has 0 aliphatic heterocycles. The first-order valence-corrected chi connectivity index (χ1v) is 5.77. The second kappa shape index (κ2) is 6.11. The number of nitrogens with one attached hydrogen (secondary N) is 1. The van der Waals surface area contributed by atoms with Crippen molar-refractivity contribution in [3.05, 3.63) is 16.6 Å². The molecule has 0 saturated heterocycles. The highest BCUT2D eigenvalue weighted by Gasteiger charge is 2.18. The molecule has 0 radical (unpaired) electrons. The minimum Gasteiger partial charge on any atom is -0.380 e. The summed E-state index contributed by atoms with van der Waals surface area (Å²) in [6.07, 6.45) is 4.23. The molecule has 0 bridgehead atoms. The Morgan fingerprint density at radius 2 is 2.43 bits per heavy atom. The maximum Gasteiger partial charge on any atom is 0.0794 e. The lowest BCUT2D eigenvalue weighted by Crippen LogP contribution is -2.40. The van der Waals surface area contributed by atoms with E-state index in [9.17, 15) is 0 Å². The smallest absolute Gasteiger partial charge is 0.0794 e. The molecule has 0 aliphatic carbocycles. The Labute approximate surface area is 89.5 Å². The van der Waals surface area contributed by atoms with Crippen molar-refractivity contribution in [1.29, 1.82) is 0 Å². The molecule has 0 spiro atoms. The Morgan fingerprint density at radius 1 is 1.64 bits per heavy atom. The molecule has 1 aromatic heterocycles. The zero-order chi connectivity index (χ0) is 10.4. The van der Waals surface area contributed by atoms with Gasteiger partial charge in [0.25, 0.3) is 0 Å². The lowest BCUT2D eigenvalue weighted by molar-refractivity contribution is 0.0680. The van der Waals surface area contributed by atoms with Crippen LogP contribution in [0.5, 0.6) is 0 Å². The maximum absolute atomic E-state index is 5.42. The van der Waals surface area contributed by atoms with Crippen molar-refractivity contribution in [3.8, 4) is 0 Å². The van der Waals surface area contributed by atoms with Crippen LogP contribution in [0.2, 0.25) is 0 Å². The van der Waals surface area contributed by atoms with E-state index in [1.807, 2.05) is 18.8 Å². The average molecular weight is 214 g/mol. The first-order chi connectivity index (χ1) is 6.81. The highest BCUT2D eigenvalue weighted by atomic mass is 32.1. The Hall–Kier alpha value is -0.450. The first-order valence-electron chi connectivity index (χ1n) is 4.89. The zero-order valence-electron chi connectivity index (χ0n) is 8.99. The average Bonchev–Trinajstić information content (AvgIpc) is 2.70. The number of hydrogen-bond acceptors (Lipinski definition) is 4. The van der Waals surface area contributed by atoms with Crippen LogP contribution in [0.25, 0.3) is 0 Å². The van der Waals surface area contributed by atoms with Crippen molar-refractivity contribution in [2.75, 3.05) is 14.2 Å². The van der Waals surface area contributed by atoms with Gasteiger partial charge in [0.2, 0.25) is 0 Å². The predicted molar refractivity (Wildman–Crippen MR) is 59.8 cm³/mol. The van der Waals surface area contributed by atoms with E-state index < -0.39 is 0 Å². The molecule has 0 aromatic carbocycles. The van der Waals surface area contributed by atoms with Crippen LogP contribution in [0, 0.1) is 0 Å². The van der Waals surface area contributed by atoms with Crippen molar-refractivity contribution in [1.82, 2.24) is 10.3 Å². The van der Waals surface area contributed by atoms with E-state index in [1.54, 1.807) is 18.4 Å². The number of likely N-dealkylation sites (N-methyl/N-ethyl adjacent to an activating group) is 1. The fourth-order valence-electron chi connectivity index (χ4n) is 1.59. The Balaban J connectivity index is 2.53. The van der Waals surface area contributed by atoms with Gasteiger partial charge in [0, 0.05) is 30.6 Å². The first kappa shape index (κ1) is 11.6. The molecule has 0 saturated carbocycles.